The van der Waals surface area contributed by atoms with E-state index < -0.39 is 5.97 Å². The average Bonchev–Trinajstić information content (AvgIpc) is 2.66. The van der Waals surface area contributed by atoms with Gasteiger partial charge in [0.15, 0.2) is 0 Å². The van der Waals surface area contributed by atoms with Crippen molar-refractivity contribution in [1.29, 1.82) is 0 Å². The molecule has 0 atom stereocenters. The molecule has 2 aromatic rings. The largest absolute Gasteiger partial charge is 0.462 e. The van der Waals surface area contributed by atoms with E-state index in [4.69, 9.17) is 27.9 Å². The van der Waals surface area contributed by atoms with Crippen molar-refractivity contribution in [1.82, 2.24) is 0 Å². The van der Waals surface area contributed by atoms with Crippen LogP contribution in [0.4, 0.5) is 11.4 Å². The van der Waals surface area contributed by atoms with E-state index in [9.17, 15) is 9.59 Å². The van der Waals surface area contributed by atoms with Gasteiger partial charge in [-0.25, -0.2) is 0 Å². The number of esters is 1. The maximum absolute atomic E-state index is 12.4. The predicted molar refractivity (Wildman–Crippen MR) is 126 cm³/mol. The summed E-state index contributed by atoms with van der Waals surface area (Å²) in [5, 5.41) is 3.55. The molecular weight excluding hydrogens is 423 g/mol. The molecule has 7 heteroatoms. The second-order valence-corrected chi connectivity index (χ2v) is 7.21. The molecule has 0 aliphatic carbocycles. The first-order valence-electron chi connectivity index (χ1n) is 9.67. The van der Waals surface area contributed by atoms with Crippen LogP contribution in [0.25, 0.3) is 5.70 Å². The Morgan fingerprint density at radius 2 is 1.67 bits per heavy atom. The second-order valence-electron chi connectivity index (χ2n) is 6.40. The van der Waals surface area contributed by atoms with Crippen LogP contribution >= 0.6 is 23.2 Å². The lowest BCUT2D eigenvalue weighted by Gasteiger charge is -2.28. The third-order valence-electron chi connectivity index (χ3n) is 3.71. The standard InChI is InChI=1S/C21H22Cl2N2O3.C2H6/c1-13(2)28-20(27)12-25(14(3)21-18(22)9-6-10-19(21)23)17-8-5-7-16(11-17)24-15(4)26;1-2/h5-11,13H,3,12H2,1-2,4H3,(H,24,26);1-2H3. The fraction of sp³-hybridized carbons (Fsp3) is 0.304. The number of halogens is 2. The number of anilines is 2. The molecule has 5 nitrogen and oxygen atoms in total. The van der Waals surface area contributed by atoms with E-state index in [-0.39, 0.29) is 18.6 Å². The number of hydrogen-bond donors (Lipinski definition) is 1. The van der Waals surface area contributed by atoms with Gasteiger partial charge in [0.25, 0.3) is 0 Å². The van der Waals surface area contributed by atoms with Crippen LogP contribution in [0.15, 0.2) is 49.0 Å². The third kappa shape index (κ3) is 7.39. The highest BCUT2D eigenvalue weighted by Gasteiger charge is 2.21. The molecule has 162 valence electrons. The summed E-state index contributed by atoms with van der Waals surface area (Å²) < 4.78 is 5.29. The summed E-state index contributed by atoms with van der Waals surface area (Å²) in [6.45, 7) is 13.0. The quantitative estimate of drug-likeness (QED) is 0.495. The zero-order valence-electron chi connectivity index (χ0n) is 18.0. The molecule has 30 heavy (non-hydrogen) atoms. The van der Waals surface area contributed by atoms with Crippen molar-refractivity contribution >= 4 is 52.2 Å². The molecule has 0 fully saturated rings. The Morgan fingerprint density at radius 1 is 1.10 bits per heavy atom. The molecule has 2 rings (SSSR count). The smallest absolute Gasteiger partial charge is 0.326 e. The number of hydrogen-bond acceptors (Lipinski definition) is 4. The summed E-state index contributed by atoms with van der Waals surface area (Å²) in [5.74, 6) is -0.625. The van der Waals surface area contributed by atoms with Crippen molar-refractivity contribution in [3.8, 4) is 0 Å². The van der Waals surface area contributed by atoms with E-state index >= 15 is 0 Å². The third-order valence-corrected chi connectivity index (χ3v) is 4.34. The van der Waals surface area contributed by atoms with Gasteiger partial charge >= 0.3 is 5.97 Å². The van der Waals surface area contributed by atoms with Crippen LogP contribution in [-0.2, 0) is 14.3 Å². The Morgan fingerprint density at radius 3 is 2.20 bits per heavy atom. The first kappa shape index (κ1) is 25.5. The zero-order chi connectivity index (χ0) is 22.8. The number of ether oxygens (including phenoxy) is 1. The Balaban J connectivity index is 0.00000218. The van der Waals surface area contributed by atoms with E-state index in [2.05, 4.69) is 11.9 Å². The van der Waals surface area contributed by atoms with Crippen molar-refractivity contribution in [3.63, 3.8) is 0 Å². The van der Waals surface area contributed by atoms with Crippen LogP contribution in [0, 0.1) is 0 Å². The fourth-order valence-corrected chi connectivity index (χ4v) is 3.25. The van der Waals surface area contributed by atoms with E-state index in [1.165, 1.54) is 6.92 Å². The maximum Gasteiger partial charge on any atom is 0.326 e. The van der Waals surface area contributed by atoms with Crippen LogP contribution in [0.1, 0.15) is 40.2 Å². The van der Waals surface area contributed by atoms with Crippen LogP contribution in [-0.4, -0.2) is 24.5 Å². The molecule has 0 heterocycles. The zero-order valence-corrected chi connectivity index (χ0v) is 19.5. The molecule has 0 aromatic heterocycles. The van der Waals surface area contributed by atoms with Gasteiger partial charge in [-0.15, -0.1) is 0 Å². The summed E-state index contributed by atoms with van der Waals surface area (Å²) in [4.78, 5) is 25.4. The molecule has 0 saturated carbocycles. The fourth-order valence-electron chi connectivity index (χ4n) is 2.64. The highest BCUT2D eigenvalue weighted by Crippen LogP contribution is 2.35. The van der Waals surface area contributed by atoms with Gasteiger partial charge in [0.05, 0.1) is 16.1 Å². The lowest BCUT2D eigenvalue weighted by Crippen LogP contribution is -2.31. The van der Waals surface area contributed by atoms with Gasteiger partial charge < -0.3 is 15.0 Å². The van der Waals surface area contributed by atoms with Crippen molar-refractivity contribution in [2.24, 2.45) is 0 Å². The molecule has 0 aliphatic heterocycles. The molecule has 1 N–H and O–H groups in total. The van der Waals surface area contributed by atoms with Crippen molar-refractivity contribution < 1.29 is 14.3 Å². The van der Waals surface area contributed by atoms with Crippen LogP contribution in [0.5, 0.6) is 0 Å². The van der Waals surface area contributed by atoms with Gasteiger partial charge in [0, 0.05) is 29.6 Å². The number of carbonyl (C=O) groups excluding carboxylic acids is 2. The number of nitrogens with zero attached hydrogens (tertiary/aromatic N) is 1. The Labute approximate surface area is 188 Å². The van der Waals surface area contributed by atoms with E-state index in [0.717, 1.165) is 0 Å². The summed E-state index contributed by atoms with van der Waals surface area (Å²) >= 11 is 12.7. The predicted octanol–water partition coefficient (Wildman–Crippen LogP) is 6.41. The van der Waals surface area contributed by atoms with Gasteiger partial charge in [-0.05, 0) is 44.2 Å². The van der Waals surface area contributed by atoms with Gasteiger partial charge in [0.2, 0.25) is 5.91 Å². The number of nitrogens with one attached hydrogen (secondary N) is 1. The van der Waals surface area contributed by atoms with Crippen molar-refractivity contribution in [3.05, 3.63) is 64.7 Å². The van der Waals surface area contributed by atoms with Crippen LogP contribution < -0.4 is 10.2 Å². The molecule has 0 radical (unpaired) electrons. The molecule has 1 amide bonds. The normalized spacial score (nSPS) is 10.0. The highest BCUT2D eigenvalue weighted by molar-refractivity contribution is 6.37. The number of amides is 1. The Kier molecular flexibility index (Phi) is 10.4. The Hall–Kier alpha value is -2.50. The minimum absolute atomic E-state index is 0.0951. The van der Waals surface area contributed by atoms with Gasteiger partial charge in [-0.1, -0.05) is 55.8 Å². The van der Waals surface area contributed by atoms with Gasteiger partial charge in [-0.2, -0.15) is 0 Å². The molecule has 0 saturated heterocycles. The number of carbonyl (C=O) groups is 2. The van der Waals surface area contributed by atoms with Gasteiger partial charge in [0.1, 0.15) is 6.54 Å². The Bertz CT molecular complexity index is 878. The SMILES string of the molecule is C=C(c1c(Cl)cccc1Cl)N(CC(=O)OC(C)C)c1cccc(NC(C)=O)c1.CC. The summed E-state index contributed by atoms with van der Waals surface area (Å²) in [5.41, 5.74) is 2.18. The molecule has 0 aliphatic rings. The average molecular weight is 451 g/mol. The summed E-state index contributed by atoms with van der Waals surface area (Å²) in [6.07, 6.45) is -0.253. The monoisotopic (exact) mass is 450 g/mol. The van der Waals surface area contributed by atoms with Crippen LogP contribution in [0.2, 0.25) is 10.0 Å². The lowest BCUT2D eigenvalue weighted by molar-refractivity contribution is -0.145. The summed E-state index contributed by atoms with van der Waals surface area (Å²) in [7, 11) is 0. The van der Waals surface area contributed by atoms with Gasteiger partial charge in [-0.3, -0.25) is 9.59 Å². The minimum atomic E-state index is -0.427. The highest BCUT2D eigenvalue weighted by atomic mass is 35.5. The van der Waals surface area contributed by atoms with E-state index in [1.54, 1.807) is 61.2 Å². The summed E-state index contributed by atoms with van der Waals surface area (Å²) in [6, 6.07) is 12.2. The first-order valence-corrected chi connectivity index (χ1v) is 10.4. The molecular formula is C23H28Cl2N2O3. The van der Waals surface area contributed by atoms with Crippen molar-refractivity contribution in [2.75, 3.05) is 16.8 Å². The van der Waals surface area contributed by atoms with Crippen molar-refractivity contribution in [2.45, 2.75) is 40.7 Å². The van der Waals surface area contributed by atoms with Crippen LogP contribution in [0.3, 0.4) is 0 Å². The minimum Gasteiger partial charge on any atom is -0.462 e. The number of benzene rings is 2. The molecule has 0 bridgehead atoms. The molecule has 0 unspecified atom stereocenters. The van der Waals surface area contributed by atoms with E-state index in [1.807, 2.05) is 13.8 Å². The van der Waals surface area contributed by atoms with E-state index in [0.29, 0.717) is 32.7 Å². The first-order chi connectivity index (χ1) is 14.2. The number of rotatable bonds is 7. The lowest BCUT2D eigenvalue weighted by atomic mass is 10.1. The molecule has 2 aromatic carbocycles. The second kappa shape index (κ2) is 12.3. The molecule has 0 spiro atoms. The maximum atomic E-state index is 12.4. The topological polar surface area (TPSA) is 58.6 Å².